The fourth-order valence-corrected chi connectivity index (χ4v) is 1.67. The molecule has 0 spiro atoms. The Kier molecular flexibility index (Phi) is 2.74. The molecule has 5 nitrogen and oxygen atoms in total. The maximum Gasteiger partial charge on any atom is 0.377 e. The van der Waals surface area contributed by atoms with Gasteiger partial charge >= 0.3 is 5.97 Å². The van der Waals surface area contributed by atoms with E-state index in [9.17, 15) is 4.79 Å². The highest BCUT2D eigenvalue weighted by molar-refractivity contribution is 9.10. The summed E-state index contributed by atoms with van der Waals surface area (Å²) in [5.74, 6) is -1.37. The molecule has 0 radical (unpaired) electrons. The Hall–Kier alpha value is -1.69. The van der Waals surface area contributed by atoms with Crippen molar-refractivity contribution in [3.63, 3.8) is 0 Å². The number of aryl methyl sites for hydroxylation is 1. The first-order valence-electron chi connectivity index (χ1n) is 4.42. The van der Waals surface area contributed by atoms with Gasteiger partial charge in [-0.2, -0.15) is 4.98 Å². The van der Waals surface area contributed by atoms with Crippen molar-refractivity contribution in [3.05, 3.63) is 34.1 Å². The molecule has 0 saturated heterocycles. The largest absolute Gasteiger partial charge is 0.475 e. The lowest BCUT2D eigenvalue weighted by Crippen LogP contribution is -1.98. The molecule has 2 aromatic rings. The minimum absolute atomic E-state index is 0.188. The van der Waals surface area contributed by atoms with Gasteiger partial charge in [0.2, 0.25) is 0 Å². The van der Waals surface area contributed by atoms with Gasteiger partial charge in [-0.1, -0.05) is 12.1 Å². The molecule has 0 amide bonds. The lowest BCUT2D eigenvalue weighted by atomic mass is 10.1. The number of hydrogen-bond donors (Lipinski definition) is 1. The Balaban J connectivity index is 2.50. The number of carboxylic acid groups (broad SMARTS) is 1. The Morgan fingerprint density at radius 3 is 2.88 bits per heavy atom. The molecular formula is C10H7BrN2O3. The van der Waals surface area contributed by atoms with Crippen molar-refractivity contribution in [1.82, 2.24) is 10.1 Å². The molecule has 0 aliphatic heterocycles. The lowest BCUT2D eigenvalue weighted by molar-refractivity contribution is 0.0680. The van der Waals surface area contributed by atoms with Gasteiger partial charge in [0.05, 0.1) is 5.56 Å². The summed E-state index contributed by atoms with van der Waals surface area (Å²) in [6, 6.07) is 5.53. The number of nitrogens with zero attached hydrogens (tertiary/aromatic N) is 2. The molecule has 0 atom stereocenters. The number of aromatic nitrogens is 2. The second kappa shape index (κ2) is 4.05. The van der Waals surface area contributed by atoms with E-state index < -0.39 is 5.97 Å². The molecule has 0 saturated carbocycles. The highest BCUT2D eigenvalue weighted by Gasteiger charge is 2.16. The highest BCUT2D eigenvalue weighted by Crippen LogP contribution is 2.29. The zero-order valence-corrected chi connectivity index (χ0v) is 9.85. The molecule has 1 aromatic heterocycles. The number of carbonyl (C=O) groups is 1. The summed E-state index contributed by atoms with van der Waals surface area (Å²) in [5.41, 5.74) is 1.69. The molecule has 1 aromatic carbocycles. The van der Waals surface area contributed by atoms with Crippen LogP contribution in [0.5, 0.6) is 0 Å². The maximum absolute atomic E-state index is 10.6. The molecule has 1 heterocycles. The number of aromatic carboxylic acids is 1. The minimum Gasteiger partial charge on any atom is -0.475 e. The van der Waals surface area contributed by atoms with E-state index in [-0.39, 0.29) is 11.7 Å². The summed E-state index contributed by atoms with van der Waals surface area (Å²) < 4.78 is 5.69. The molecule has 2 rings (SSSR count). The molecule has 6 heteroatoms. The van der Waals surface area contributed by atoms with Crippen molar-refractivity contribution in [2.45, 2.75) is 6.92 Å². The maximum atomic E-state index is 10.6. The Bertz CT molecular complexity index is 551. The van der Waals surface area contributed by atoms with Crippen LogP contribution in [0.2, 0.25) is 0 Å². The predicted molar refractivity (Wildman–Crippen MR) is 59.1 cm³/mol. The van der Waals surface area contributed by atoms with Gasteiger partial charge in [-0.25, -0.2) is 4.79 Å². The van der Waals surface area contributed by atoms with Gasteiger partial charge in [0.25, 0.3) is 11.7 Å². The van der Waals surface area contributed by atoms with E-state index in [0.717, 1.165) is 10.0 Å². The summed E-state index contributed by atoms with van der Waals surface area (Å²) in [4.78, 5) is 14.4. The van der Waals surface area contributed by atoms with Gasteiger partial charge < -0.3 is 9.63 Å². The van der Waals surface area contributed by atoms with Gasteiger partial charge in [0.1, 0.15) is 0 Å². The zero-order chi connectivity index (χ0) is 11.7. The van der Waals surface area contributed by atoms with Crippen LogP contribution in [0.1, 0.15) is 16.2 Å². The Morgan fingerprint density at radius 2 is 2.25 bits per heavy atom. The van der Waals surface area contributed by atoms with E-state index in [4.69, 9.17) is 9.63 Å². The molecular weight excluding hydrogens is 276 g/mol. The normalized spacial score (nSPS) is 10.4. The predicted octanol–water partition coefficient (Wildman–Crippen LogP) is 2.51. The second-order valence-electron chi connectivity index (χ2n) is 3.16. The summed E-state index contributed by atoms with van der Waals surface area (Å²) in [7, 11) is 0. The first-order valence-corrected chi connectivity index (χ1v) is 5.21. The van der Waals surface area contributed by atoms with Crippen LogP contribution >= 0.6 is 15.9 Å². The average Bonchev–Trinajstić information content (AvgIpc) is 2.71. The zero-order valence-electron chi connectivity index (χ0n) is 8.27. The van der Waals surface area contributed by atoms with Crippen LogP contribution in [0.15, 0.2) is 27.2 Å². The lowest BCUT2D eigenvalue weighted by Gasteiger charge is -2.01. The fourth-order valence-electron chi connectivity index (χ4n) is 1.23. The van der Waals surface area contributed by atoms with Crippen molar-refractivity contribution in [2.75, 3.05) is 0 Å². The van der Waals surface area contributed by atoms with Gasteiger partial charge in [-0.15, -0.1) is 0 Å². The summed E-state index contributed by atoms with van der Waals surface area (Å²) >= 11 is 3.39. The van der Waals surface area contributed by atoms with Gasteiger partial charge in [-0.3, -0.25) is 0 Å². The molecule has 82 valence electrons. The summed E-state index contributed by atoms with van der Waals surface area (Å²) in [6.07, 6.45) is 0. The number of rotatable bonds is 2. The molecule has 0 aliphatic carbocycles. The highest BCUT2D eigenvalue weighted by atomic mass is 79.9. The van der Waals surface area contributed by atoms with E-state index in [1.165, 1.54) is 0 Å². The standard InChI is InChI=1S/C10H7BrN2O3/c1-5-3-2-4-6(7(5)11)9-12-8(10(14)15)13-16-9/h2-4H,1H3,(H,14,15). The van der Waals surface area contributed by atoms with E-state index in [2.05, 4.69) is 26.1 Å². The SMILES string of the molecule is Cc1cccc(-c2nc(C(=O)O)no2)c1Br. The van der Waals surface area contributed by atoms with Crippen molar-refractivity contribution in [2.24, 2.45) is 0 Å². The van der Waals surface area contributed by atoms with Gasteiger partial charge in [-0.05, 0) is 39.6 Å². The third kappa shape index (κ3) is 1.83. The topological polar surface area (TPSA) is 76.2 Å². The first-order chi connectivity index (χ1) is 7.59. The minimum atomic E-state index is -1.21. The Morgan fingerprint density at radius 1 is 1.50 bits per heavy atom. The summed E-state index contributed by atoms with van der Waals surface area (Å²) in [5, 5.41) is 12.0. The number of benzene rings is 1. The van der Waals surface area contributed by atoms with Gasteiger partial charge in [0.15, 0.2) is 0 Å². The van der Waals surface area contributed by atoms with Crippen molar-refractivity contribution >= 4 is 21.9 Å². The van der Waals surface area contributed by atoms with Crippen LogP contribution in [0.25, 0.3) is 11.5 Å². The molecule has 1 N–H and O–H groups in total. The van der Waals surface area contributed by atoms with Crippen LogP contribution in [-0.4, -0.2) is 21.2 Å². The first kappa shape index (κ1) is 10.8. The van der Waals surface area contributed by atoms with Crippen molar-refractivity contribution < 1.29 is 14.4 Å². The van der Waals surface area contributed by atoms with Crippen molar-refractivity contribution in [1.29, 1.82) is 0 Å². The van der Waals surface area contributed by atoms with E-state index in [0.29, 0.717) is 5.56 Å². The average molecular weight is 283 g/mol. The van der Waals surface area contributed by atoms with E-state index in [1.54, 1.807) is 6.07 Å². The van der Waals surface area contributed by atoms with Crippen LogP contribution in [0, 0.1) is 6.92 Å². The van der Waals surface area contributed by atoms with Crippen LogP contribution in [0.4, 0.5) is 0 Å². The van der Waals surface area contributed by atoms with Crippen LogP contribution in [-0.2, 0) is 0 Å². The Labute approximate surface area is 99.2 Å². The van der Waals surface area contributed by atoms with E-state index >= 15 is 0 Å². The number of halogens is 1. The van der Waals surface area contributed by atoms with Gasteiger partial charge in [0, 0.05) is 4.47 Å². The smallest absolute Gasteiger partial charge is 0.377 e. The van der Waals surface area contributed by atoms with Crippen molar-refractivity contribution in [3.8, 4) is 11.5 Å². The third-order valence-electron chi connectivity index (χ3n) is 2.04. The molecule has 16 heavy (non-hydrogen) atoms. The monoisotopic (exact) mass is 282 g/mol. The van der Waals surface area contributed by atoms with Crippen LogP contribution < -0.4 is 0 Å². The quantitative estimate of drug-likeness (QED) is 0.916. The molecule has 0 aliphatic rings. The second-order valence-corrected chi connectivity index (χ2v) is 3.96. The third-order valence-corrected chi connectivity index (χ3v) is 3.09. The molecule has 0 unspecified atom stereocenters. The molecule has 0 fully saturated rings. The fraction of sp³-hybridized carbons (Fsp3) is 0.100. The summed E-state index contributed by atoms with van der Waals surface area (Å²) in [6.45, 7) is 1.92. The molecule has 0 bridgehead atoms. The number of carboxylic acids is 1. The van der Waals surface area contributed by atoms with Crippen LogP contribution in [0.3, 0.4) is 0 Å². The van der Waals surface area contributed by atoms with E-state index in [1.807, 2.05) is 19.1 Å². The number of hydrogen-bond acceptors (Lipinski definition) is 4.